The molecule has 0 aromatic carbocycles. The lowest BCUT2D eigenvalue weighted by Crippen LogP contribution is -2.43. The van der Waals surface area contributed by atoms with Crippen LogP contribution in [0.2, 0.25) is 0 Å². The zero-order valence-corrected chi connectivity index (χ0v) is 16.5. The molecule has 1 saturated carbocycles. The van der Waals surface area contributed by atoms with Gasteiger partial charge in [-0.05, 0) is 43.7 Å². The summed E-state index contributed by atoms with van der Waals surface area (Å²) in [6.45, 7) is 6.23. The highest BCUT2D eigenvalue weighted by Gasteiger charge is 2.43. The maximum atomic E-state index is 11.8. The van der Waals surface area contributed by atoms with Crippen molar-refractivity contribution in [2.45, 2.75) is 32.6 Å². The Morgan fingerprint density at radius 2 is 2.21 bits per heavy atom. The van der Waals surface area contributed by atoms with Crippen LogP contribution in [-0.4, -0.2) is 49.5 Å². The van der Waals surface area contributed by atoms with E-state index in [1.807, 2.05) is 0 Å². The van der Waals surface area contributed by atoms with E-state index in [9.17, 15) is 4.79 Å². The Kier molecular flexibility index (Phi) is 6.94. The van der Waals surface area contributed by atoms with Gasteiger partial charge in [0.2, 0.25) is 0 Å². The second-order valence-corrected chi connectivity index (χ2v) is 6.49. The number of likely N-dealkylation sites (tertiary alicyclic amines) is 1. The number of carbonyl (C=O) groups excluding carboxylic acids is 1. The number of amides is 1. The molecule has 0 atom stereocenters. The van der Waals surface area contributed by atoms with Crippen LogP contribution in [0.15, 0.2) is 27.8 Å². The lowest BCUT2D eigenvalue weighted by atomic mass is 9.68. The number of aliphatic imine (C=N–C) groups is 1. The highest BCUT2D eigenvalue weighted by molar-refractivity contribution is 14.0. The van der Waals surface area contributed by atoms with Crippen molar-refractivity contribution in [2.24, 2.45) is 10.4 Å². The van der Waals surface area contributed by atoms with Gasteiger partial charge in [-0.2, -0.15) is 0 Å². The lowest BCUT2D eigenvalue weighted by Gasteiger charge is -2.38. The Balaban J connectivity index is 0.00000208. The maximum Gasteiger partial charge on any atom is 0.287 e. The topological polar surface area (TPSA) is 69.9 Å². The first-order chi connectivity index (χ1) is 11.2. The average Bonchev–Trinajstić information content (AvgIpc) is 3.18. The largest absolute Gasteiger partial charge is 0.459 e. The van der Waals surface area contributed by atoms with Gasteiger partial charge in [0.25, 0.3) is 5.91 Å². The first kappa shape index (κ1) is 19.1. The summed E-state index contributed by atoms with van der Waals surface area (Å²) in [6, 6.07) is 3.37. The van der Waals surface area contributed by atoms with Gasteiger partial charge >= 0.3 is 0 Å². The maximum absolute atomic E-state index is 11.8. The minimum absolute atomic E-state index is 0. The molecule has 0 radical (unpaired) electrons. The number of nitrogens with one attached hydrogen (secondary N) is 2. The fourth-order valence-electron chi connectivity index (χ4n) is 3.45. The third kappa shape index (κ3) is 4.43. The van der Waals surface area contributed by atoms with E-state index in [0.29, 0.717) is 24.3 Å². The second-order valence-electron chi connectivity index (χ2n) is 6.49. The quantitative estimate of drug-likeness (QED) is 0.316. The molecule has 1 aromatic heterocycles. The zero-order chi connectivity index (χ0) is 16.1. The Bertz CT molecular complexity index is 555. The van der Waals surface area contributed by atoms with Gasteiger partial charge in [-0.15, -0.1) is 24.0 Å². The molecule has 6 nitrogen and oxygen atoms in total. The molecule has 0 unspecified atom stereocenters. The number of guanidine groups is 1. The van der Waals surface area contributed by atoms with E-state index in [4.69, 9.17) is 4.42 Å². The molecule has 0 bridgehead atoms. The zero-order valence-electron chi connectivity index (χ0n) is 14.2. The van der Waals surface area contributed by atoms with Crippen molar-refractivity contribution in [2.75, 3.05) is 32.7 Å². The molecule has 7 heteroatoms. The predicted octanol–water partition coefficient (Wildman–Crippen LogP) is 2.47. The van der Waals surface area contributed by atoms with E-state index in [1.165, 1.54) is 31.9 Å². The molecule has 2 heterocycles. The van der Waals surface area contributed by atoms with E-state index in [-0.39, 0.29) is 29.9 Å². The fraction of sp³-hybridized carbons (Fsp3) is 0.647. The van der Waals surface area contributed by atoms with Crippen LogP contribution in [-0.2, 0) is 0 Å². The van der Waals surface area contributed by atoms with Gasteiger partial charge in [-0.1, -0.05) is 6.42 Å². The van der Waals surface area contributed by atoms with Crippen LogP contribution in [0.5, 0.6) is 0 Å². The number of halogens is 1. The van der Waals surface area contributed by atoms with E-state index < -0.39 is 0 Å². The van der Waals surface area contributed by atoms with Gasteiger partial charge in [0.05, 0.1) is 12.8 Å². The molecular formula is C17H27IN4O2. The molecule has 1 aliphatic carbocycles. The van der Waals surface area contributed by atoms with E-state index >= 15 is 0 Å². The summed E-state index contributed by atoms with van der Waals surface area (Å²) < 4.78 is 5.07. The van der Waals surface area contributed by atoms with Gasteiger partial charge in [0.15, 0.2) is 11.7 Å². The van der Waals surface area contributed by atoms with Crippen molar-refractivity contribution in [1.82, 2.24) is 15.5 Å². The molecule has 1 saturated heterocycles. The standard InChI is InChI=1S/C17H26N4O2.HI/c1-2-18-16(21-11-8-17(13-21)6-4-7-17)20-10-9-19-15(22)14-5-3-12-23-14;/h3,5,12H,2,4,6-11,13H2,1H3,(H,18,20)(H,19,22);1H. The normalized spacial score (nSPS) is 18.9. The van der Waals surface area contributed by atoms with Gasteiger partial charge < -0.3 is 20.0 Å². The minimum Gasteiger partial charge on any atom is -0.459 e. The Hall–Kier alpha value is -1.25. The van der Waals surface area contributed by atoms with Gasteiger partial charge in [-0.3, -0.25) is 9.79 Å². The van der Waals surface area contributed by atoms with Crippen LogP contribution in [0.3, 0.4) is 0 Å². The van der Waals surface area contributed by atoms with Crippen molar-refractivity contribution >= 4 is 35.8 Å². The van der Waals surface area contributed by atoms with Gasteiger partial charge in [-0.25, -0.2) is 0 Å². The number of nitrogens with zero attached hydrogens (tertiary/aromatic N) is 2. The fourth-order valence-corrected chi connectivity index (χ4v) is 3.45. The van der Waals surface area contributed by atoms with Crippen molar-refractivity contribution < 1.29 is 9.21 Å². The summed E-state index contributed by atoms with van der Waals surface area (Å²) >= 11 is 0. The third-order valence-corrected chi connectivity index (χ3v) is 4.89. The molecule has 2 fully saturated rings. The Morgan fingerprint density at radius 3 is 2.79 bits per heavy atom. The molecule has 2 aliphatic rings. The van der Waals surface area contributed by atoms with Crippen molar-refractivity contribution in [3.63, 3.8) is 0 Å². The van der Waals surface area contributed by atoms with E-state index in [2.05, 4.69) is 27.4 Å². The third-order valence-electron chi connectivity index (χ3n) is 4.89. The molecule has 2 N–H and O–H groups in total. The number of carbonyl (C=O) groups is 1. The van der Waals surface area contributed by atoms with Crippen LogP contribution in [0.1, 0.15) is 43.2 Å². The number of hydrogen-bond donors (Lipinski definition) is 2. The molecule has 1 aromatic rings. The molecule has 1 amide bonds. The van der Waals surface area contributed by atoms with Crippen LogP contribution in [0.4, 0.5) is 0 Å². The highest BCUT2D eigenvalue weighted by atomic mass is 127. The molecule has 134 valence electrons. The summed E-state index contributed by atoms with van der Waals surface area (Å²) in [5.74, 6) is 1.13. The molecule has 1 aliphatic heterocycles. The van der Waals surface area contributed by atoms with Crippen molar-refractivity contribution in [1.29, 1.82) is 0 Å². The van der Waals surface area contributed by atoms with Crippen LogP contribution in [0.25, 0.3) is 0 Å². The van der Waals surface area contributed by atoms with Crippen LogP contribution >= 0.6 is 24.0 Å². The first-order valence-electron chi connectivity index (χ1n) is 8.57. The molecule has 24 heavy (non-hydrogen) atoms. The SMILES string of the molecule is CCNC(=NCCNC(=O)c1ccco1)N1CCC2(CCC2)C1.I. The predicted molar refractivity (Wildman–Crippen MR) is 105 cm³/mol. The Morgan fingerprint density at radius 1 is 1.38 bits per heavy atom. The van der Waals surface area contributed by atoms with Crippen molar-refractivity contribution in [3.8, 4) is 0 Å². The summed E-state index contributed by atoms with van der Waals surface area (Å²) in [5.41, 5.74) is 0.559. The number of hydrogen-bond acceptors (Lipinski definition) is 3. The summed E-state index contributed by atoms with van der Waals surface area (Å²) in [5, 5.41) is 6.20. The second kappa shape index (κ2) is 8.73. The molecule has 1 spiro atoms. The van der Waals surface area contributed by atoms with Gasteiger partial charge in [0, 0.05) is 26.2 Å². The van der Waals surface area contributed by atoms with Crippen molar-refractivity contribution in [3.05, 3.63) is 24.2 Å². The van der Waals surface area contributed by atoms with Crippen LogP contribution < -0.4 is 10.6 Å². The van der Waals surface area contributed by atoms with E-state index in [1.54, 1.807) is 12.1 Å². The monoisotopic (exact) mass is 446 g/mol. The smallest absolute Gasteiger partial charge is 0.287 e. The van der Waals surface area contributed by atoms with Crippen LogP contribution in [0, 0.1) is 5.41 Å². The average molecular weight is 446 g/mol. The Labute approximate surface area is 160 Å². The molecule has 3 rings (SSSR count). The summed E-state index contributed by atoms with van der Waals surface area (Å²) in [4.78, 5) is 18.8. The summed E-state index contributed by atoms with van der Waals surface area (Å²) in [6.07, 6.45) is 6.89. The number of furan rings is 1. The lowest BCUT2D eigenvalue weighted by molar-refractivity contribution is 0.0927. The molecular weight excluding hydrogens is 419 g/mol. The summed E-state index contributed by atoms with van der Waals surface area (Å²) in [7, 11) is 0. The van der Waals surface area contributed by atoms with E-state index in [0.717, 1.165) is 25.6 Å². The number of rotatable bonds is 5. The minimum atomic E-state index is -0.190. The highest BCUT2D eigenvalue weighted by Crippen LogP contribution is 2.47. The first-order valence-corrected chi connectivity index (χ1v) is 8.57. The van der Waals surface area contributed by atoms with Gasteiger partial charge in [0.1, 0.15) is 0 Å².